The van der Waals surface area contributed by atoms with Gasteiger partial charge in [0, 0.05) is 43.5 Å². The Bertz CT molecular complexity index is 1690. The van der Waals surface area contributed by atoms with Gasteiger partial charge in [-0.05, 0) is 77.0 Å². The molecule has 2 N–H and O–H groups in total. The molecule has 0 bridgehead atoms. The summed E-state index contributed by atoms with van der Waals surface area (Å²) in [6.07, 6.45) is 4.39. The van der Waals surface area contributed by atoms with Crippen molar-refractivity contribution in [3.63, 3.8) is 0 Å². The van der Waals surface area contributed by atoms with Crippen molar-refractivity contribution in [2.75, 3.05) is 46.0 Å². The first-order valence-electron chi connectivity index (χ1n) is 14.2. The molecule has 2 fully saturated rings. The van der Waals surface area contributed by atoms with Crippen molar-refractivity contribution < 1.29 is 24.2 Å². The molecule has 3 aromatic carbocycles. The number of thioether (sulfide) groups is 1. The quantitative estimate of drug-likeness (QED) is 0.174. The maximum atomic E-state index is 13.3. The number of morpholine rings is 1. The Morgan fingerprint density at radius 2 is 1.86 bits per heavy atom. The van der Waals surface area contributed by atoms with E-state index in [-0.39, 0.29) is 11.5 Å². The first kappa shape index (κ1) is 29.1. The Hall–Kier alpha value is -3.96. The van der Waals surface area contributed by atoms with Crippen LogP contribution in [0.4, 0.5) is 0 Å². The minimum Gasteiger partial charge on any atom is -0.492 e. The van der Waals surface area contributed by atoms with E-state index in [0.29, 0.717) is 28.8 Å². The summed E-state index contributed by atoms with van der Waals surface area (Å²) in [4.78, 5) is 32.2. The second kappa shape index (κ2) is 13.1. The van der Waals surface area contributed by atoms with Crippen LogP contribution in [0.3, 0.4) is 0 Å². The lowest BCUT2D eigenvalue weighted by molar-refractivity contribution is -0.122. The second-order valence-corrected chi connectivity index (χ2v) is 12.1. The summed E-state index contributed by atoms with van der Waals surface area (Å²) in [5.74, 6) is -0.297. The first-order chi connectivity index (χ1) is 20.9. The normalized spacial score (nSPS) is 16.8. The number of aromatic carboxylic acids is 1. The molecule has 0 saturated carbocycles. The predicted octanol–water partition coefficient (Wildman–Crippen LogP) is 5.69. The van der Waals surface area contributed by atoms with Gasteiger partial charge in [-0.3, -0.25) is 14.6 Å². The minimum absolute atomic E-state index is 0.127. The molecule has 6 rings (SSSR count). The van der Waals surface area contributed by atoms with Crippen molar-refractivity contribution in [2.45, 2.75) is 6.42 Å². The molecule has 43 heavy (non-hydrogen) atoms. The van der Waals surface area contributed by atoms with Gasteiger partial charge in [0.25, 0.3) is 5.91 Å². The molecule has 0 spiro atoms. The fourth-order valence-electron chi connectivity index (χ4n) is 5.22. The summed E-state index contributed by atoms with van der Waals surface area (Å²) in [6, 6.07) is 21.0. The van der Waals surface area contributed by atoms with Crippen LogP contribution in [0.15, 0.2) is 77.8 Å². The van der Waals surface area contributed by atoms with E-state index in [0.717, 1.165) is 71.8 Å². The van der Waals surface area contributed by atoms with E-state index in [2.05, 4.69) is 34.1 Å². The Morgan fingerprint density at radius 3 is 2.65 bits per heavy atom. The number of thiocarbonyl (C=S) groups is 1. The SMILES string of the molecule is O=C(O)c1ccc(CCN2C(=O)C(=Cc3ccc(OCCN4CCOCC4)c(-c4ccc5[nH]ccc5c4)c3)SC2=S)cc1. The van der Waals surface area contributed by atoms with Gasteiger partial charge in [-0.1, -0.05) is 48.2 Å². The number of amides is 1. The molecule has 4 aromatic rings. The number of benzene rings is 3. The molecule has 0 unspecified atom stereocenters. The smallest absolute Gasteiger partial charge is 0.335 e. The van der Waals surface area contributed by atoms with E-state index in [9.17, 15) is 9.59 Å². The van der Waals surface area contributed by atoms with Crippen molar-refractivity contribution in [1.82, 2.24) is 14.8 Å². The van der Waals surface area contributed by atoms with Crippen LogP contribution in [0.5, 0.6) is 5.75 Å². The average Bonchev–Trinajstić information content (AvgIpc) is 3.60. The molecule has 0 atom stereocenters. The van der Waals surface area contributed by atoms with E-state index in [1.54, 1.807) is 29.2 Å². The van der Waals surface area contributed by atoms with Crippen LogP contribution < -0.4 is 4.74 Å². The topological polar surface area (TPSA) is 95.1 Å². The highest BCUT2D eigenvalue weighted by Gasteiger charge is 2.31. The van der Waals surface area contributed by atoms with Crippen molar-refractivity contribution in [1.29, 1.82) is 0 Å². The highest BCUT2D eigenvalue weighted by atomic mass is 32.2. The molecule has 8 nitrogen and oxygen atoms in total. The molecule has 1 amide bonds. The van der Waals surface area contributed by atoms with Crippen LogP contribution in [0.25, 0.3) is 28.1 Å². The lowest BCUT2D eigenvalue weighted by Gasteiger charge is -2.26. The van der Waals surface area contributed by atoms with Gasteiger partial charge in [0.05, 0.1) is 23.7 Å². The lowest BCUT2D eigenvalue weighted by Crippen LogP contribution is -2.38. The molecule has 2 saturated heterocycles. The number of carboxylic acids is 1. The van der Waals surface area contributed by atoms with Crippen LogP contribution in [-0.4, -0.2) is 82.1 Å². The number of ether oxygens (including phenoxy) is 2. The summed E-state index contributed by atoms with van der Waals surface area (Å²) in [5, 5.41) is 10.2. The number of rotatable bonds is 10. The van der Waals surface area contributed by atoms with Crippen LogP contribution in [0.2, 0.25) is 0 Å². The van der Waals surface area contributed by atoms with Crippen molar-refractivity contribution in [3.8, 4) is 16.9 Å². The molecule has 220 valence electrons. The van der Waals surface area contributed by atoms with E-state index in [1.165, 1.54) is 11.8 Å². The fraction of sp³-hybridized carbons (Fsp3) is 0.242. The zero-order valence-electron chi connectivity index (χ0n) is 23.5. The standard InChI is InChI=1S/C33H31N3O5S2/c37-31-30(43-33(42)36(31)12-10-22-1-4-24(5-2-22)32(38)39)20-23-3-8-29(41-18-15-35-13-16-40-17-14-35)27(19-23)25-6-7-28-26(21-25)9-11-34-28/h1-9,11,19-21,34H,10,12-18H2,(H,38,39). The number of hydrogen-bond donors (Lipinski definition) is 2. The number of carbonyl (C=O) groups excluding carboxylic acids is 1. The number of hydrogen-bond acceptors (Lipinski definition) is 7. The number of fused-ring (bicyclic) bond motifs is 1. The Kier molecular flexibility index (Phi) is 8.90. The molecule has 2 aliphatic rings. The van der Waals surface area contributed by atoms with Gasteiger partial charge in [-0.15, -0.1) is 0 Å². The van der Waals surface area contributed by atoms with E-state index >= 15 is 0 Å². The monoisotopic (exact) mass is 613 g/mol. The average molecular weight is 614 g/mol. The summed E-state index contributed by atoms with van der Waals surface area (Å²) in [7, 11) is 0. The third kappa shape index (κ3) is 6.83. The second-order valence-electron chi connectivity index (χ2n) is 10.4. The summed E-state index contributed by atoms with van der Waals surface area (Å²) < 4.78 is 12.3. The summed E-state index contributed by atoms with van der Waals surface area (Å²) in [6.45, 7) is 5.14. The maximum absolute atomic E-state index is 13.3. The molecule has 0 radical (unpaired) electrons. The van der Waals surface area contributed by atoms with E-state index in [1.807, 2.05) is 30.5 Å². The zero-order valence-corrected chi connectivity index (χ0v) is 25.1. The van der Waals surface area contributed by atoms with Crippen molar-refractivity contribution >= 4 is 57.2 Å². The molecule has 2 aliphatic heterocycles. The lowest BCUT2D eigenvalue weighted by atomic mass is 10.00. The Labute approximate surface area is 259 Å². The van der Waals surface area contributed by atoms with Gasteiger partial charge in [0.15, 0.2) is 0 Å². The van der Waals surface area contributed by atoms with E-state index < -0.39 is 5.97 Å². The molecule has 1 aromatic heterocycles. The predicted molar refractivity (Wildman–Crippen MR) is 173 cm³/mol. The first-order valence-corrected chi connectivity index (χ1v) is 15.4. The third-order valence-electron chi connectivity index (χ3n) is 7.63. The van der Waals surface area contributed by atoms with Gasteiger partial charge < -0.3 is 19.6 Å². The van der Waals surface area contributed by atoms with Crippen LogP contribution in [0, 0.1) is 0 Å². The number of carboxylic acid groups (broad SMARTS) is 1. The Balaban J connectivity index is 1.20. The van der Waals surface area contributed by atoms with Crippen LogP contribution >= 0.6 is 24.0 Å². The largest absolute Gasteiger partial charge is 0.492 e. The minimum atomic E-state index is -0.964. The van der Waals surface area contributed by atoms with Crippen molar-refractivity contribution in [2.24, 2.45) is 0 Å². The van der Waals surface area contributed by atoms with Gasteiger partial charge in [0.2, 0.25) is 0 Å². The molecular weight excluding hydrogens is 583 g/mol. The molecule has 0 aliphatic carbocycles. The number of H-pyrrole nitrogens is 1. The van der Waals surface area contributed by atoms with E-state index in [4.69, 9.17) is 26.8 Å². The molecule has 10 heteroatoms. The third-order valence-corrected chi connectivity index (χ3v) is 9.01. The summed E-state index contributed by atoms with van der Waals surface area (Å²) >= 11 is 6.85. The van der Waals surface area contributed by atoms with Crippen LogP contribution in [0.1, 0.15) is 21.5 Å². The maximum Gasteiger partial charge on any atom is 0.335 e. The van der Waals surface area contributed by atoms with Crippen LogP contribution in [-0.2, 0) is 16.0 Å². The van der Waals surface area contributed by atoms with Gasteiger partial charge in [-0.2, -0.15) is 0 Å². The number of aromatic nitrogens is 1. The highest BCUT2D eigenvalue weighted by molar-refractivity contribution is 8.26. The van der Waals surface area contributed by atoms with Gasteiger partial charge >= 0.3 is 5.97 Å². The number of carbonyl (C=O) groups is 2. The highest BCUT2D eigenvalue weighted by Crippen LogP contribution is 2.36. The van der Waals surface area contributed by atoms with Gasteiger partial charge in [-0.25, -0.2) is 4.79 Å². The van der Waals surface area contributed by atoms with Gasteiger partial charge in [0.1, 0.15) is 16.7 Å². The van der Waals surface area contributed by atoms with Crippen molar-refractivity contribution in [3.05, 3.63) is 94.5 Å². The summed E-state index contributed by atoms with van der Waals surface area (Å²) in [5.41, 5.74) is 5.12. The number of nitrogens with zero attached hydrogens (tertiary/aromatic N) is 2. The number of nitrogens with one attached hydrogen (secondary N) is 1. The molecule has 3 heterocycles. The zero-order chi connectivity index (χ0) is 29.8. The fourth-order valence-corrected chi connectivity index (χ4v) is 6.53. The Morgan fingerprint density at radius 1 is 1.05 bits per heavy atom. The molecular formula is C33H31N3O5S2. The number of aromatic amines is 1.